The van der Waals surface area contributed by atoms with E-state index in [0.29, 0.717) is 26.1 Å². The van der Waals surface area contributed by atoms with E-state index in [1.54, 1.807) is 4.90 Å². The Labute approximate surface area is 129 Å². The van der Waals surface area contributed by atoms with Crippen molar-refractivity contribution in [2.45, 2.75) is 13.0 Å². The minimum absolute atomic E-state index is 0.201. The van der Waals surface area contributed by atoms with E-state index in [0.717, 1.165) is 10.2 Å². The molecule has 2 rings (SSSR count). The Bertz CT molecular complexity index is 682. The van der Waals surface area contributed by atoms with Crippen molar-refractivity contribution < 1.29 is 4.79 Å². The van der Waals surface area contributed by atoms with Crippen LogP contribution in [0.2, 0.25) is 0 Å². The summed E-state index contributed by atoms with van der Waals surface area (Å²) in [6, 6.07) is 12.6. The first-order valence-electron chi connectivity index (χ1n) is 7.19. The lowest BCUT2D eigenvalue weighted by Crippen LogP contribution is -2.34. The molecule has 1 amide bonds. The Morgan fingerprint density at radius 1 is 1.23 bits per heavy atom. The summed E-state index contributed by atoms with van der Waals surface area (Å²) in [5.74, 6) is -0.201. The number of rotatable bonds is 6. The van der Waals surface area contributed by atoms with Gasteiger partial charge >= 0.3 is 0 Å². The molecule has 0 spiro atoms. The second-order valence-electron chi connectivity index (χ2n) is 5.03. The van der Waals surface area contributed by atoms with E-state index in [1.165, 1.54) is 19.2 Å². The fourth-order valence-corrected chi connectivity index (χ4v) is 2.12. The van der Waals surface area contributed by atoms with Gasteiger partial charge in [0.25, 0.3) is 11.5 Å². The Morgan fingerprint density at radius 2 is 1.95 bits per heavy atom. The van der Waals surface area contributed by atoms with E-state index in [2.05, 4.69) is 5.10 Å². The van der Waals surface area contributed by atoms with Crippen molar-refractivity contribution in [3.63, 3.8) is 0 Å². The average molecular weight is 300 g/mol. The van der Waals surface area contributed by atoms with Crippen molar-refractivity contribution in [3.05, 3.63) is 64.1 Å². The standard InChI is InChI=1S/C16H20N4O2/c1-19-15(21)9-8-14(18-19)16(22)20(11-5-10-17)12-13-6-3-2-4-7-13/h2-4,6-9H,5,10-12,17H2,1H3. The molecule has 0 radical (unpaired) electrons. The first-order valence-corrected chi connectivity index (χ1v) is 7.19. The molecular formula is C16H20N4O2. The number of aryl methyl sites for hydroxylation is 1. The SMILES string of the molecule is Cn1nc(C(=O)N(CCCN)Cc2ccccc2)ccc1=O. The third-order valence-corrected chi connectivity index (χ3v) is 3.32. The number of amides is 1. The lowest BCUT2D eigenvalue weighted by molar-refractivity contribution is 0.0733. The van der Waals surface area contributed by atoms with E-state index >= 15 is 0 Å². The Kier molecular flexibility index (Phi) is 5.43. The van der Waals surface area contributed by atoms with Crippen molar-refractivity contribution in [1.29, 1.82) is 0 Å². The topological polar surface area (TPSA) is 81.2 Å². The molecule has 0 fully saturated rings. The molecule has 1 heterocycles. The number of carbonyl (C=O) groups excluding carboxylic acids is 1. The van der Waals surface area contributed by atoms with Crippen molar-refractivity contribution in [3.8, 4) is 0 Å². The smallest absolute Gasteiger partial charge is 0.274 e. The summed E-state index contributed by atoms with van der Waals surface area (Å²) in [5.41, 5.74) is 6.61. The van der Waals surface area contributed by atoms with Gasteiger partial charge in [0.05, 0.1) is 0 Å². The Morgan fingerprint density at radius 3 is 2.59 bits per heavy atom. The van der Waals surface area contributed by atoms with Crippen LogP contribution in [-0.2, 0) is 13.6 Å². The largest absolute Gasteiger partial charge is 0.333 e. The van der Waals surface area contributed by atoms with Gasteiger partial charge in [-0.2, -0.15) is 5.10 Å². The number of nitrogens with two attached hydrogens (primary N) is 1. The average Bonchev–Trinajstić information content (AvgIpc) is 2.54. The summed E-state index contributed by atoms with van der Waals surface area (Å²) in [5, 5.41) is 4.02. The zero-order valence-corrected chi connectivity index (χ0v) is 12.6. The van der Waals surface area contributed by atoms with Crippen LogP contribution in [0.3, 0.4) is 0 Å². The van der Waals surface area contributed by atoms with Crippen LogP contribution in [0.5, 0.6) is 0 Å². The maximum Gasteiger partial charge on any atom is 0.274 e. The van der Waals surface area contributed by atoms with Gasteiger partial charge < -0.3 is 10.6 Å². The lowest BCUT2D eigenvalue weighted by atomic mass is 10.2. The van der Waals surface area contributed by atoms with Gasteiger partial charge in [0.1, 0.15) is 5.69 Å². The van der Waals surface area contributed by atoms with Crippen LogP contribution in [0.4, 0.5) is 0 Å². The first-order chi connectivity index (χ1) is 10.6. The molecule has 1 aromatic heterocycles. The van der Waals surface area contributed by atoms with E-state index in [4.69, 9.17) is 5.73 Å². The molecule has 0 unspecified atom stereocenters. The molecule has 6 heteroatoms. The quantitative estimate of drug-likeness (QED) is 0.854. The van der Waals surface area contributed by atoms with E-state index in [9.17, 15) is 9.59 Å². The van der Waals surface area contributed by atoms with Gasteiger partial charge in [0, 0.05) is 26.2 Å². The van der Waals surface area contributed by atoms with Crippen molar-refractivity contribution in [2.24, 2.45) is 12.8 Å². The van der Waals surface area contributed by atoms with Crippen LogP contribution in [0.25, 0.3) is 0 Å². The number of benzene rings is 1. The second kappa shape index (κ2) is 7.51. The maximum absolute atomic E-state index is 12.6. The fraction of sp³-hybridized carbons (Fsp3) is 0.312. The van der Waals surface area contributed by atoms with Gasteiger partial charge in [-0.3, -0.25) is 9.59 Å². The summed E-state index contributed by atoms with van der Waals surface area (Å²) in [6.45, 7) is 1.55. The van der Waals surface area contributed by atoms with Gasteiger partial charge in [-0.25, -0.2) is 4.68 Å². The van der Waals surface area contributed by atoms with Gasteiger partial charge in [0.15, 0.2) is 0 Å². The molecule has 1 aromatic carbocycles. The van der Waals surface area contributed by atoms with Gasteiger partial charge in [-0.15, -0.1) is 0 Å². The zero-order chi connectivity index (χ0) is 15.9. The second-order valence-corrected chi connectivity index (χ2v) is 5.03. The monoisotopic (exact) mass is 300 g/mol. The summed E-state index contributed by atoms with van der Waals surface area (Å²) in [7, 11) is 1.53. The number of carbonyl (C=O) groups is 1. The molecule has 2 N–H and O–H groups in total. The van der Waals surface area contributed by atoms with E-state index in [1.807, 2.05) is 30.3 Å². The molecule has 0 saturated carbocycles. The van der Waals surface area contributed by atoms with Crippen molar-refractivity contribution in [1.82, 2.24) is 14.7 Å². The zero-order valence-electron chi connectivity index (χ0n) is 12.6. The van der Waals surface area contributed by atoms with Crippen molar-refractivity contribution >= 4 is 5.91 Å². The normalized spacial score (nSPS) is 10.5. The molecule has 0 aliphatic heterocycles. The Balaban J connectivity index is 2.21. The molecule has 0 aliphatic carbocycles. The minimum atomic E-state index is -0.242. The predicted molar refractivity (Wildman–Crippen MR) is 84.3 cm³/mol. The minimum Gasteiger partial charge on any atom is -0.333 e. The molecule has 0 saturated heterocycles. The molecule has 0 atom stereocenters. The van der Waals surface area contributed by atoms with Crippen LogP contribution in [0.1, 0.15) is 22.5 Å². The third-order valence-electron chi connectivity index (χ3n) is 3.32. The van der Waals surface area contributed by atoms with Gasteiger partial charge in [-0.05, 0) is 24.6 Å². The predicted octanol–water partition coefficient (Wildman–Crippen LogP) is 0.771. The number of hydrogen-bond donors (Lipinski definition) is 1. The van der Waals surface area contributed by atoms with Crippen LogP contribution in [0, 0.1) is 0 Å². The van der Waals surface area contributed by atoms with Crippen LogP contribution < -0.4 is 11.3 Å². The third kappa shape index (κ3) is 4.02. The number of nitrogens with zero attached hydrogens (tertiary/aromatic N) is 3. The Hall–Kier alpha value is -2.47. The highest BCUT2D eigenvalue weighted by molar-refractivity contribution is 5.92. The summed E-state index contributed by atoms with van der Waals surface area (Å²) in [6.07, 6.45) is 0.713. The van der Waals surface area contributed by atoms with E-state index in [-0.39, 0.29) is 17.2 Å². The molecule has 6 nitrogen and oxygen atoms in total. The molecule has 116 valence electrons. The highest BCUT2D eigenvalue weighted by Gasteiger charge is 2.17. The number of hydrogen-bond acceptors (Lipinski definition) is 4. The number of aromatic nitrogens is 2. The van der Waals surface area contributed by atoms with Crippen LogP contribution in [0.15, 0.2) is 47.3 Å². The van der Waals surface area contributed by atoms with Crippen molar-refractivity contribution in [2.75, 3.05) is 13.1 Å². The summed E-state index contributed by atoms with van der Waals surface area (Å²) < 4.78 is 1.16. The molecule has 22 heavy (non-hydrogen) atoms. The molecule has 2 aromatic rings. The maximum atomic E-state index is 12.6. The highest BCUT2D eigenvalue weighted by atomic mass is 16.2. The first kappa shape index (κ1) is 15.9. The van der Waals surface area contributed by atoms with Crippen LogP contribution >= 0.6 is 0 Å². The lowest BCUT2D eigenvalue weighted by Gasteiger charge is -2.22. The fourth-order valence-electron chi connectivity index (χ4n) is 2.12. The molecule has 0 aliphatic rings. The van der Waals surface area contributed by atoms with Gasteiger partial charge in [-0.1, -0.05) is 30.3 Å². The highest BCUT2D eigenvalue weighted by Crippen LogP contribution is 2.08. The van der Waals surface area contributed by atoms with Gasteiger partial charge in [0.2, 0.25) is 0 Å². The van der Waals surface area contributed by atoms with Crippen LogP contribution in [-0.4, -0.2) is 33.7 Å². The summed E-state index contributed by atoms with van der Waals surface area (Å²) >= 11 is 0. The van der Waals surface area contributed by atoms with E-state index < -0.39 is 0 Å². The molecular weight excluding hydrogens is 280 g/mol. The molecule has 0 bridgehead atoms. The summed E-state index contributed by atoms with van der Waals surface area (Å²) in [4.78, 5) is 25.7.